The van der Waals surface area contributed by atoms with Crippen LogP contribution in [0.25, 0.3) is 0 Å². The standard InChI is InChI=1S/C18H17FN4O/c1-13-11-23(18(20)22-13)21-10-15-6-2-3-8-17(15)24-12-14-5-4-7-16(19)9-14/h2-11H,12H2,1H3,(H2,20,22). The summed E-state index contributed by atoms with van der Waals surface area (Å²) in [6.45, 7) is 2.12. The molecule has 0 spiro atoms. The first-order valence-corrected chi connectivity index (χ1v) is 7.44. The number of nitrogens with zero attached hydrogens (tertiary/aromatic N) is 3. The molecule has 0 bridgehead atoms. The Morgan fingerprint density at radius 2 is 2.08 bits per heavy atom. The number of halogens is 1. The number of imidazole rings is 1. The second-order valence-corrected chi connectivity index (χ2v) is 5.29. The number of aryl methyl sites for hydroxylation is 1. The number of anilines is 1. The third-order valence-corrected chi connectivity index (χ3v) is 3.36. The molecule has 0 saturated heterocycles. The van der Waals surface area contributed by atoms with Crippen LogP contribution in [0.5, 0.6) is 5.75 Å². The van der Waals surface area contributed by atoms with Gasteiger partial charge >= 0.3 is 0 Å². The van der Waals surface area contributed by atoms with E-state index in [9.17, 15) is 4.39 Å². The number of hydrogen-bond donors (Lipinski definition) is 1. The number of aromatic nitrogens is 2. The van der Waals surface area contributed by atoms with Crippen LogP contribution in [0.4, 0.5) is 10.3 Å². The molecule has 0 aliphatic heterocycles. The lowest BCUT2D eigenvalue weighted by Gasteiger charge is -2.09. The molecule has 6 heteroatoms. The minimum absolute atomic E-state index is 0.273. The van der Waals surface area contributed by atoms with Crippen molar-refractivity contribution >= 4 is 12.2 Å². The van der Waals surface area contributed by atoms with E-state index < -0.39 is 0 Å². The molecule has 122 valence electrons. The lowest BCUT2D eigenvalue weighted by atomic mass is 10.2. The van der Waals surface area contributed by atoms with Crippen LogP contribution in [0, 0.1) is 12.7 Å². The summed E-state index contributed by atoms with van der Waals surface area (Å²) in [5, 5.41) is 4.29. The minimum atomic E-state index is -0.281. The molecule has 2 aromatic carbocycles. The normalized spacial score (nSPS) is 11.1. The van der Waals surface area contributed by atoms with E-state index in [1.165, 1.54) is 16.8 Å². The first-order valence-electron chi connectivity index (χ1n) is 7.44. The van der Waals surface area contributed by atoms with Crippen LogP contribution in [0.2, 0.25) is 0 Å². The quantitative estimate of drug-likeness (QED) is 0.732. The van der Waals surface area contributed by atoms with Gasteiger partial charge < -0.3 is 10.5 Å². The summed E-state index contributed by atoms with van der Waals surface area (Å²) in [5.41, 5.74) is 8.11. The molecule has 24 heavy (non-hydrogen) atoms. The van der Waals surface area contributed by atoms with Crippen LogP contribution in [-0.2, 0) is 6.61 Å². The van der Waals surface area contributed by atoms with Crippen LogP contribution in [-0.4, -0.2) is 15.9 Å². The Morgan fingerprint density at radius 1 is 1.25 bits per heavy atom. The average molecular weight is 324 g/mol. The maximum absolute atomic E-state index is 13.2. The fraction of sp³-hybridized carbons (Fsp3) is 0.111. The molecule has 1 aromatic heterocycles. The van der Waals surface area contributed by atoms with Gasteiger partial charge in [-0.2, -0.15) is 5.10 Å². The summed E-state index contributed by atoms with van der Waals surface area (Å²) in [7, 11) is 0. The lowest BCUT2D eigenvalue weighted by molar-refractivity contribution is 0.305. The van der Waals surface area contributed by atoms with Crippen molar-refractivity contribution in [2.75, 3.05) is 5.73 Å². The highest BCUT2D eigenvalue weighted by Gasteiger charge is 2.03. The van der Waals surface area contributed by atoms with Gasteiger partial charge in [0.25, 0.3) is 0 Å². The van der Waals surface area contributed by atoms with E-state index in [-0.39, 0.29) is 12.4 Å². The van der Waals surface area contributed by atoms with Crippen LogP contribution in [0.3, 0.4) is 0 Å². The average Bonchev–Trinajstić information content (AvgIpc) is 2.89. The van der Waals surface area contributed by atoms with Crippen molar-refractivity contribution < 1.29 is 9.13 Å². The Labute approximate surface area is 139 Å². The highest BCUT2D eigenvalue weighted by atomic mass is 19.1. The Bertz CT molecular complexity index is 873. The van der Waals surface area contributed by atoms with Gasteiger partial charge in [-0.15, -0.1) is 0 Å². The van der Waals surface area contributed by atoms with Crippen molar-refractivity contribution in [1.29, 1.82) is 0 Å². The van der Waals surface area contributed by atoms with E-state index in [2.05, 4.69) is 10.1 Å². The molecular formula is C18H17FN4O. The third-order valence-electron chi connectivity index (χ3n) is 3.36. The highest BCUT2D eigenvalue weighted by Crippen LogP contribution is 2.18. The van der Waals surface area contributed by atoms with Crippen LogP contribution in [0.15, 0.2) is 59.8 Å². The van der Waals surface area contributed by atoms with Gasteiger partial charge in [0.15, 0.2) is 0 Å². The molecule has 0 unspecified atom stereocenters. The smallest absolute Gasteiger partial charge is 0.221 e. The topological polar surface area (TPSA) is 65.4 Å². The number of benzene rings is 2. The first-order chi connectivity index (χ1) is 11.6. The second-order valence-electron chi connectivity index (χ2n) is 5.29. The maximum Gasteiger partial charge on any atom is 0.221 e. The fourth-order valence-corrected chi connectivity index (χ4v) is 2.23. The Kier molecular flexibility index (Phi) is 4.56. The summed E-state index contributed by atoms with van der Waals surface area (Å²) in [4.78, 5) is 4.09. The molecule has 0 fully saturated rings. The van der Waals surface area contributed by atoms with Crippen molar-refractivity contribution in [1.82, 2.24) is 9.66 Å². The molecule has 3 rings (SSSR count). The Hall–Kier alpha value is -3.15. The van der Waals surface area contributed by atoms with Crippen LogP contribution >= 0.6 is 0 Å². The molecule has 0 radical (unpaired) electrons. The highest BCUT2D eigenvalue weighted by molar-refractivity contribution is 5.83. The molecule has 1 heterocycles. The number of ether oxygens (including phenoxy) is 1. The summed E-state index contributed by atoms with van der Waals surface area (Å²) in [6.07, 6.45) is 3.39. The predicted octanol–water partition coefficient (Wildman–Crippen LogP) is 3.37. The number of nitrogen functional groups attached to an aromatic ring is 1. The molecule has 0 amide bonds. The summed E-state index contributed by atoms with van der Waals surface area (Å²) in [5.74, 6) is 0.694. The summed E-state index contributed by atoms with van der Waals surface area (Å²) < 4.78 is 20.5. The van der Waals surface area contributed by atoms with Gasteiger partial charge in [-0.1, -0.05) is 24.3 Å². The molecule has 2 N–H and O–H groups in total. The maximum atomic E-state index is 13.2. The third kappa shape index (κ3) is 3.78. The molecule has 0 aliphatic carbocycles. The van der Waals surface area contributed by atoms with E-state index in [0.29, 0.717) is 11.7 Å². The van der Waals surface area contributed by atoms with E-state index >= 15 is 0 Å². The molecule has 0 saturated carbocycles. The number of hydrogen-bond acceptors (Lipinski definition) is 4. The van der Waals surface area contributed by atoms with Crippen molar-refractivity contribution in [2.24, 2.45) is 5.10 Å². The van der Waals surface area contributed by atoms with E-state index in [1.807, 2.05) is 37.3 Å². The SMILES string of the molecule is Cc1cn(N=Cc2ccccc2OCc2cccc(F)c2)c(N)n1. The van der Waals surface area contributed by atoms with Gasteiger partial charge in [0.1, 0.15) is 18.2 Å². The van der Waals surface area contributed by atoms with Crippen molar-refractivity contribution in [3.63, 3.8) is 0 Å². The second kappa shape index (κ2) is 6.95. The van der Waals surface area contributed by atoms with Gasteiger partial charge in [0.2, 0.25) is 5.95 Å². The Balaban J connectivity index is 1.76. The number of para-hydroxylation sites is 1. The monoisotopic (exact) mass is 324 g/mol. The van der Waals surface area contributed by atoms with E-state index in [0.717, 1.165) is 16.8 Å². The minimum Gasteiger partial charge on any atom is -0.488 e. The van der Waals surface area contributed by atoms with Gasteiger partial charge in [-0.05, 0) is 36.8 Å². The van der Waals surface area contributed by atoms with E-state index in [1.54, 1.807) is 18.5 Å². The van der Waals surface area contributed by atoms with Gasteiger partial charge in [-0.25, -0.2) is 14.1 Å². The zero-order chi connectivity index (χ0) is 16.9. The molecule has 3 aromatic rings. The summed E-state index contributed by atoms with van der Waals surface area (Å²) >= 11 is 0. The van der Waals surface area contributed by atoms with Crippen molar-refractivity contribution in [3.05, 3.63) is 77.4 Å². The van der Waals surface area contributed by atoms with Crippen LogP contribution in [0.1, 0.15) is 16.8 Å². The van der Waals surface area contributed by atoms with Gasteiger partial charge in [-0.3, -0.25) is 0 Å². The molecular weight excluding hydrogens is 307 g/mol. The zero-order valence-electron chi connectivity index (χ0n) is 13.2. The molecule has 0 atom stereocenters. The Morgan fingerprint density at radius 3 is 2.83 bits per heavy atom. The summed E-state index contributed by atoms with van der Waals surface area (Å²) in [6, 6.07) is 13.8. The largest absolute Gasteiger partial charge is 0.488 e. The first kappa shape index (κ1) is 15.7. The van der Waals surface area contributed by atoms with Crippen molar-refractivity contribution in [3.8, 4) is 5.75 Å². The van der Waals surface area contributed by atoms with Gasteiger partial charge in [0, 0.05) is 5.56 Å². The van der Waals surface area contributed by atoms with Crippen LogP contribution < -0.4 is 10.5 Å². The van der Waals surface area contributed by atoms with Crippen molar-refractivity contribution in [2.45, 2.75) is 13.5 Å². The predicted molar refractivity (Wildman–Crippen MR) is 91.5 cm³/mol. The van der Waals surface area contributed by atoms with Gasteiger partial charge in [0.05, 0.1) is 18.1 Å². The number of nitrogens with two attached hydrogens (primary N) is 1. The lowest BCUT2D eigenvalue weighted by Crippen LogP contribution is -2.00. The number of rotatable bonds is 5. The zero-order valence-corrected chi connectivity index (χ0v) is 13.2. The molecule has 0 aliphatic rings. The molecule has 5 nitrogen and oxygen atoms in total. The fourth-order valence-electron chi connectivity index (χ4n) is 2.23. The van der Waals surface area contributed by atoms with E-state index in [4.69, 9.17) is 10.5 Å².